The fourth-order valence-electron chi connectivity index (χ4n) is 2.48. The van der Waals surface area contributed by atoms with Crippen LogP contribution in [0.2, 0.25) is 10.0 Å². The van der Waals surface area contributed by atoms with Crippen molar-refractivity contribution in [3.05, 3.63) is 91.9 Å². The molecule has 0 saturated carbocycles. The summed E-state index contributed by atoms with van der Waals surface area (Å²) in [6.07, 6.45) is 0. The lowest BCUT2D eigenvalue weighted by atomic mass is 10.1. The Kier molecular flexibility index (Phi) is 6.47. The van der Waals surface area contributed by atoms with Crippen LogP contribution in [0.15, 0.2) is 65.1 Å². The van der Waals surface area contributed by atoms with Gasteiger partial charge in [-0.2, -0.15) is 0 Å². The molecule has 0 saturated heterocycles. The number of rotatable bonds is 6. The summed E-state index contributed by atoms with van der Waals surface area (Å²) >= 11 is 15.7. The molecule has 2 nitrogen and oxygen atoms in total. The van der Waals surface area contributed by atoms with Gasteiger partial charge in [-0.05, 0) is 64.8 Å². The highest BCUT2D eigenvalue weighted by Gasteiger charge is 2.07. The van der Waals surface area contributed by atoms with E-state index < -0.39 is 0 Å². The molecule has 134 valence electrons. The SMILES string of the molecule is Cc1ccc(COc2ccc(Cl)cc2CNc2ccc(Br)c(Cl)c2)cc1. The average molecular weight is 451 g/mol. The first-order chi connectivity index (χ1) is 12.5. The number of anilines is 1. The summed E-state index contributed by atoms with van der Waals surface area (Å²) in [7, 11) is 0. The summed E-state index contributed by atoms with van der Waals surface area (Å²) in [6, 6.07) is 19.7. The first-order valence-corrected chi connectivity index (χ1v) is 9.72. The smallest absolute Gasteiger partial charge is 0.124 e. The zero-order valence-corrected chi connectivity index (χ0v) is 17.3. The fourth-order valence-corrected chi connectivity index (χ4v) is 3.10. The van der Waals surface area contributed by atoms with E-state index in [1.165, 1.54) is 5.56 Å². The Morgan fingerprint density at radius 2 is 1.73 bits per heavy atom. The Bertz CT molecular complexity index is 897. The molecule has 0 amide bonds. The van der Waals surface area contributed by atoms with Crippen LogP contribution in [0, 0.1) is 6.92 Å². The molecular weight excluding hydrogens is 433 g/mol. The summed E-state index contributed by atoms with van der Waals surface area (Å²) in [4.78, 5) is 0. The molecule has 1 N–H and O–H groups in total. The largest absolute Gasteiger partial charge is 0.489 e. The summed E-state index contributed by atoms with van der Waals surface area (Å²) in [5.74, 6) is 0.811. The molecule has 0 radical (unpaired) electrons. The van der Waals surface area contributed by atoms with Crippen LogP contribution in [-0.4, -0.2) is 0 Å². The molecule has 5 heteroatoms. The van der Waals surface area contributed by atoms with E-state index in [-0.39, 0.29) is 0 Å². The lowest BCUT2D eigenvalue weighted by molar-refractivity contribution is 0.303. The van der Waals surface area contributed by atoms with Gasteiger partial charge in [-0.25, -0.2) is 0 Å². The van der Waals surface area contributed by atoms with Gasteiger partial charge in [0.15, 0.2) is 0 Å². The van der Waals surface area contributed by atoms with Crippen LogP contribution in [0.3, 0.4) is 0 Å². The minimum atomic E-state index is 0.513. The Morgan fingerprint density at radius 3 is 2.46 bits per heavy atom. The van der Waals surface area contributed by atoms with Crippen LogP contribution in [0.1, 0.15) is 16.7 Å². The Balaban J connectivity index is 1.70. The first-order valence-electron chi connectivity index (χ1n) is 8.17. The van der Waals surface area contributed by atoms with E-state index in [0.29, 0.717) is 23.2 Å². The third kappa shape index (κ3) is 5.16. The molecule has 0 heterocycles. The zero-order valence-electron chi connectivity index (χ0n) is 14.2. The minimum absolute atomic E-state index is 0.513. The van der Waals surface area contributed by atoms with Gasteiger partial charge >= 0.3 is 0 Å². The molecular formula is C21H18BrCl2NO. The third-order valence-corrected chi connectivity index (χ3v) is 5.41. The number of nitrogens with one attached hydrogen (secondary N) is 1. The quantitative estimate of drug-likeness (QED) is 0.426. The number of benzene rings is 3. The summed E-state index contributed by atoms with van der Waals surface area (Å²) < 4.78 is 6.89. The van der Waals surface area contributed by atoms with Crippen molar-refractivity contribution in [1.29, 1.82) is 0 Å². The van der Waals surface area contributed by atoms with Gasteiger partial charge in [0.25, 0.3) is 0 Å². The molecule has 0 atom stereocenters. The standard InChI is InChI=1S/C21H18BrCl2NO/c1-14-2-4-15(5-3-14)13-26-21-9-6-17(23)10-16(21)12-25-18-7-8-19(22)20(24)11-18/h2-11,25H,12-13H2,1H3. The van der Waals surface area contributed by atoms with Gasteiger partial charge in [0.05, 0.1) is 5.02 Å². The minimum Gasteiger partial charge on any atom is -0.489 e. The van der Waals surface area contributed by atoms with E-state index in [2.05, 4.69) is 52.4 Å². The van der Waals surface area contributed by atoms with Gasteiger partial charge in [0.1, 0.15) is 12.4 Å². The second kappa shape index (κ2) is 8.81. The zero-order chi connectivity index (χ0) is 18.5. The maximum Gasteiger partial charge on any atom is 0.124 e. The normalized spacial score (nSPS) is 10.6. The number of halogens is 3. The van der Waals surface area contributed by atoms with E-state index in [1.807, 2.05) is 36.4 Å². The molecule has 0 spiro atoms. The topological polar surface area (TPSA) is 21.3 Å². The molecule has 0 fully saturated rings. The predicted molar refractivity (Wildman–Crippen MR) is 113 cm³/mol. The molecule has 0 unspecified atom stereocenters. The van der Waals surface area contributed by atoms with E-state index in [9.17, 15) is 0 Å². The summed E-state index contributed by atoms with van der Waals surface area (Å²) in [6.45, 7) is 3.17. The van der Waals surface area contributed by atoms with Crippen LogP contribution in [-0.2, 0) is 13.2 Å². The molecule has 26 heavy (non-hydrogen) atoms. The lowest BCUT2D eigenvalue weighted by Gasteiger charge is -2.14. The predicted octanol–water partition coefficient (Wildman–Crippen LogP) is 7.26. The Hall–Kier alpha value is -1.68. The molecule has 3 aromatic carbocycles. The highest BCUT2D eigenvalue weighted by atomic mass is 79.9. The van der Waals surface area contributed by atoms with E-state index in [4.69, 9.17) is 27.9 Å². The Morgan fingerprint density at radius 1 is 0.962 bits per heavy atom. The van der Waals surface area contributed by atoms with Gasteiger partial charge in [-0.1, -0.05) is 53.0 Å². The Labute approximate surface area is 172 Å². The molecule has 0 aliphatic heterocycles. The highest BCUT2D eigenvalue weighted by molar-refractivity contribution is 9.10. The number of ether oxygens (including phenoxy) is 1. The van der Waals surface area contributed by atoms with Crippen LogP contribution in [0.25, 0.3) is 0 Å². The molecule has 0 aliphatic carbocycles. The van der Waals surface area contributed by atoms with Crippen molar-refractivity contribution in [2.24, 2.45) is 0 Å². The first kappa shape index (κ1) is 19.1. The molecule has 0 aromatic heterocycles. The molecule has 3 aromatic rings. The monoisotopic (exact) mass is 449 g/mol. The van der Waals surface area contributed by atoms with Crippen LogP contribution in [0.5, 0.6) is 5.75 Å². The van der Waals surface area contributed by atoms with Gasteiger partial charge < -0.3 is 10.1 Å². The van der Waals surface area contributed by atoms with Crippen molar-refractivity contribution in [1.82, 2.24) is 0 Å². The average Bonchev–Trinajstić information content (AvgIpc) is 2.63. The molecule has 3 rings (SSSR count). The number of hydrogen-bond donors (Lipinski definition) is 1. The summed E-state index contributed by atoms with van der Waals surface area (Å²) in [5, 5.41) is 4.70. The fraction of sp³-hybridized carbons (Fsp3) is 0.143. The number of aryl methyl sites for hydroxylation is 1. The highest BCUT2D eigenvalue weighted by Crippen LogP contribution is 2.28. The lowest BCUT2D eigenvalue weighted by Crippen LogP contribution is -2.04. The van der Waals surface area contributed by atoms with Crippen LogP contribution >= 0.6 is 39.1 Å². The van der Waals surface area contributed by atoms with Crippen molar-refractivity contribution >= 4 is 44.8 Å². The van der Waals surface area contributed by atoms with Gasteiger partial charge in [-0.15, -0.1) is 0 Å². The second-order valence-electron chi connectivity index (χ2n) is 6.01. The van der Waals surface area contributed by atoms with Crippen molar-refractivity contribution < 1.29 is 4.74 Å². The molecule has 0 bridgehead atoms. The van der Waals surface area contributed by atoms with Crippen LogP contribution in [0.4, 0.5) is 5.69 Å². The van der Waals surface area contributed by atoms with Crippen molar-refractivity contribution in [3.8, 4) is 5.75 Å². The number of hydrogen-bond acceptors (Lipinski definition) is 2. The maximum atomic E-state index is 6.17. The van der Waals surface area contributed by atoms with Crippen molar-refractivity contribution in [2.75, 3.05) is 5.32 Å². The molecule has 0 aliphatic rings. The van der Waals surface area contributed by atoms with E-state index in [1.54, 1.807) is 0 Å². The van der Waals surface area contributed by atoms with E-state index in [0.717, 1.165) is 27.0 Å². The van der Waals surface area contributed by atoms with E-state index >= 15 is 0 Å². The second-order valence-corrected chi connectivity index (χ2v) is 7.71. The third-order valence-electron chi connectivity index (χ3n) is 3.94. The van der Waals surface area contributed by atoms with Gasteiger partial charge in [0, 0.05) is 27.3 Å². The van der Waals surface area contributed by atoms with Crippen molar-refractivity contribution in [2.45, 2.75) is 20.1 Å². The summed E-state index contributed by atoms with van der Waals surface area (Å²) in [5.41, 5.74) is 4.29. The van der Waals surface area contributed by atoms with Crippen LogP contribution < -0.4 is 10.1 Å². The van der Waals surface area contributed by atoms with Gasteiger partial charge in [0.2, 0.25) is 0 Å². The maximum absolute atomic E-state index is 6.17. The van der Waals surface area contributed by atoms with Gasteiger partial charge in [-0.3, -0.25) is 0 Å². The van der Waals surface area contributed by atoms with Crippen molar-refractivity contribution in [3.63, 3.8) is 0 Å².